The third-order valence-corrected chi connectivity index (χ3v) is 3.72. The Balaban J connectivity index is 2.69. The Morgan fingerprint density at radius 2 is 2.28 bits per heavy atom. The summed E-state index contributed by atoms with van der Waals surface area (Å²) in [5.41, 5.74) is 0.603. The van der Waals surface area contributed by atoms with Crippen LogP contribution in [-0.2, 0) is 11.2 Å². The average molecular weight is 289 g/mol. The predicted molar refractivity (Wildman–Crippen MR) is 71.2 cm³/mol. The highest BCUT2D eigenvalue weighted by Crippen LogP contribution is 2.12. The fourth-order valence-electron chi connectivity index (χ4n) is 1.33. The fraction of sp³-hybridized carbons (Fsp3) is 0.600. The molecular formula is C10H15N3O3S2. The van der Waals surface area contributed by atoms with Crippen LogP contribution in [0.1, 0.15) is 28.7 Å². The minimum atomic E-state index is -1.02. The summed E-state index contributed by atoms with van der Waals surface area (Å²) >= 11 is 2.53. The van der Waals surface area contributed by atoms with E-state index in [9.17, 15) is 9.59 Å². The lowest BCUT2D eigenvalue weighted by Gasteiger charge is -2.13. The van der Waals surface area contributed by atoms with Crippen LogP contribution in [0.3, 0.4) is 0 Å². The van der Waals surface area contributed by atoms with Gasteiger partial charge in [-0.3, -0.25) is 4.79 Å². The largest absolute Gasteiger partial charge is 0.480 e. The maximum absolute atomic E-state index is 11.9. The third-order valence-electron chi connectivity index (χ3n) is 2.31. The number of thioether (sulfide) groups is 1. The van der Waals surface area contributed by atoms with Crippen LogP contribution in [-0.4, -0.2) is 44.6 Å². The summed E-state index contributed by atoms with van der Waals surface area (Å²) in [4.78, 5) is 23.3. The lowest BCUT2D eigenvalue weighted by atomic mass is 10.2. The second kappa shape index (κ2) is 7.32. The molecule has 1 atom stereocenters. The first kappa shape index (κ1) is 14.9. The van der Waals surface area contributed by atoms with Gasteiger partial charge in [-0.05, 0) is 36.4 Å². The molecule has 0 saturated carbocycles. The highest BCUT2D eigenvalue weighted by atomic mass is 32.2. The number of aryl methyl sites for hydroxylation is 1. The molecule has 18 heavy (non-hydrogen) atoms. The Kier molecular flexibility index (Phi) is 6.06. The van der Waals surface area contributed by atoms with Crippen molar-refractivity contribution in [3.63, 3.8) is 0 Å². The van der Waals surface area contributed by atoms with Gasteiger partial charge in [-0.25, -0.2) is 4.79 Å². The molecule has 0 spiro atoms. The Bertz CT molecular complexity index is 422. The van der Waals surface area contributed by atoms with Crippen molar-refractivity contribution in [1.29, 1.82) is 0 Å². The van der Waals surface area contributed by atoms with Crippen molar-refractivity contribution in [3.05, 3.63) is 10.6 Å². The fourth-order valence-corrected chi connectivity index (χ4v) is 2.45. The van der Waals surface area contributed by atoms with Gasteiger partial charge in [0.2, 0.25) is 0 Å². The van der Waals surface area contributed by atoms with E-state index in [4.69, 9.17) is 5.11 Å². The standard InChI is InChI=1S/C10H15N3O3S2/c1-3-6-8(18-13-12-6)9(14)11-7(10(15)16)4-5-17-2/h7H,3-5H2,1-2H3,(H,11,14)(H,15,16)/t7-/m0/s1. The van der Waals surface area contributed by atoms with Crippen molar-refractivity contribution in [2.75, 3.05) is 12.0 Å². The van der Waals surface area contributed by atoms with Crippen LogP contribution in [0.15, 0.2) is 0 Å². The summed E-state index contributed by atoms with van der Waals surface area (Å²) in [6.07, 6.45) is 2.89. The first-order chi connectivity index (χ1) is 8.60. The lowest BCUT2D eigenvalue weighted by Crippen LogP contribution is -2.41. The molecule has 0 fully saturated rings. The molecule has 0 aliphatic rings. The summed E-state index contributed by atoms with van der Waals surface area (Å²) in [5.74, 6) is -0.748. The van der Waals surface area contributed by atoms with Crippen molar-refractivity contribution in [3.8, 4) is 0 Å². The smallest absolute Gasteiger partial charge is 0.326 e. The third kappa shape index (κ3) is 3.95. The van der Waals surface area contributed by atoms with Gasteiger partial charge in [0.05, 0.1) is 5.69 Å². The number of nitrogens with zero attached hydrogens (tertiary/aromatic N) is 2. The zero-order chi connectivity index (χ0) is 13.5. The number of hydrogen-bond donors (Lipinski definition) is 2. The van der Waals surface area contributed by atoms with E-state index in [0.717, 1.165) is 11.5 Å². The van der Waals surface area contributed by atoms with E-state index in [1.54, 1.807) is 11.8 Å². The predicted octanol–water partition coefficient (Wildman–Crippen LogP) is 1.04. The molecule has 1 rings (SSSR count). The van der Waals surface area contributed by atoms with Crippen LogP contribution in [0.25, 0.3) is 0 Å². The van der Waals surface area contributed by atoms with Crippen molar-refractivity contribution in [2.24, 2.45) is 0 Å². The van der Waals surface area contributed by atoms with E-state index in [1.807, 2.05) is 13.2 Å². The van der Waals surface area contributed by atoms with E-state index < -0.39 is 17.9 Å². The number of amides is 1. The van der Waals surface area contributed by atoms with Crippen molar-refractivity contribution < 1.29 is 14.7 Å². The minimum Gasteiger partial charge on any atom is -0.480 e. The topological polar surface area (TPSA) is 92.2 Å². The van der Waals surface area contributed by atoms with Gasteiger partial charge in [-0.2, -0.15) is 11.8 Å². The van der Waals surface area contributed by atoms with Crippen LogP contribution in [0, 0.1) is 0 Å². The van der Waals surface area contributed by atoms with E-state index in [0.29, 0.717) is 29.2 Å². The van der Waals surface area contributed by atoms with Gasteiger partial charge in [-0.15, -0.1) is 5.10 Å². The molecule has 6 nitrogen and oxygen atoms in total. The van der Waals surface area contributed by atoms with Crippen LogP contribution in [0.2, 0.25) is 0 Å². The van der Waals surface area contributed by atoms with Crippen LogP contribution in [0.5, 0.6) is 0 Å². The number of rotatable bonds is 7. The molecule has 0 aromatic carbocycles. The summed E-state index contributed by atoms with van der Waals surface area (Å²) in [7, 11) is 0. The molecule has 0 unspecified atom stereocenters. The average Bonchev–Trinajstić information content (AvgIpc) is 2.82. The highest BCUT2D eigenvalue weighted by molar-refractivity contribution is 7.98. The van der Waals surface area contributed by atoms with Crippen LogP contribution in [0.4, 0.5) is 0 Å². The zero-order valence-corrected chi connectivity index (χ0v) is 11.8. The number of aromatic nitrogens is 2. The van der Waals surface area contributed by atoms with Gasteiger partial charge in [0.1, 0.15) is 10.9 Å². The van der Waals surface area contributed by atoms with Crippen molar-refractivity contribution >= 4 is 35.2 Å². The molecular weight excluding hydrogens is 274 g/mol. The summed E-state index contributed by atoms with van der Waals surface area (Å²) < 4.78 is 3.71. The van der Waals surface area contributed by atoms with E-state index in [-0.39, 0.29) is 0 Å². The van der Waals surface area contributed by atoms with Crippen LogP contribution >= 0.6 is 23.3 Å². The number of carboxylic acids is 1. The molecule has 1 aromatic heterocycles. The molecule has 1 heterocycles. The second-order valence-electron chi connectivity index (χ2n) is 3.55. The number of aliphatic carboxylic acids is 1. The maximum atomic E-state index is 11.9. The Morgan fingerprint density at radius 1 is 1.56 bits per heavy atom. The van der Waals surface area contributed by atoms with Crippen molar-refractivity contribution in [2.45, 2.75) is 25.8 Å². The first-order valence-electron chi connectivity index (χ1n) is 5.44. The summed E-state index contributed by atoms with van der Waals surface area (Å²) in [5, 5.41) is 15.4. The monoisotopic (exact) mass is 289 g/mol. The van der Waals surface area contributed by atoms with Gasteiger partial charge >= 0.3 is 5.97 Å². The van der Waals surface area contributed by atoms with Gasteiger partial charge in [-0.1, -0.05) is 11.4 Å². The normalized spacial score (nSPS) is 12.1. The molecule has 0 saturated heterocycles. The summed E-state index contributed by atoms with van der Waals surface area (Å²) in [6, 6.07) is -0.864. The molecule has 8 heteroatoms. The Labute approximate surface area is 113 Å². The number of nitrogens with one attached hydrogen (secondary N) is 1. The molecule has 0 aliphatic carbocycles. The molecule has 1 amide bonds. The molecule has 100 valence electrons. The van der Waals surface area contributed by atoms with Gasteiger partial charge < -0.3 is 10.4 Å². The first-order valence-corrected chi connectivity index (χ1v) is 7.60. The zero-order valence-electron chi connectivity index (χ0n) is 10.2. The van der Waals surface area contributed by atoms with Gasteiger partial charge in [0.25, 0.3) is 5.91 Å². The molecule has 2 N–H and O–H groups in total. The maximum Gasteiger partial charge on any atom is 0.326 e. The van der Waals surface area contributed by atoms with Crippen molar-refractivity contribution in [1.82, 2.24) is 14.9 Å². The van der Waals surface area contributed by atoms with E-state index >= 15 is 0 Å². The molecule has 0 bridgehead atoms. The lowest BCUT2D eigenvalue weighted by molar-refractivity contribution is -0.139. The SMILES string of the molecule is CCc1nnsc1C(=O)N[C@@H](CCSC)C(=O)O. The minimum absolute atomic E-state index is 0.396. The quantitative estimate of drug-likeness (QED) is 0.779. The second-order valence-corrected chi connectivity index (χ2v) is 5.29. The molecule has 0 radical (unpaired) electrons. The number of carbonyl (C=O) groups is 2. The summed E-state index contributed by atoms with van der Waals surface area (Å²) in [6.45, 7) is 1.87. The Hall–Kier alpha value is -1.15. The molecule has 1 aromatic rings. The highest BCUT2D eigenvalue weighted by Gasteiger charge is 2.23. The van der Waals surface area contributed by atoms with Gasteiger partial charge in [0.15, 0.2) is 0 Å². The number of hydrogen-bond acceptors (Lipinski definition) is 6. The van der Waals surface area contributed by atoms with E-state index in [1.165, 1.54) is 0 Å². The number of carboxylic acid groups (broad SMARTS) is 1. The van der Waals surface area contributed by atoms with E-state index in [2.05, 4.69) is 14.9 Å². The van der Waals surface area contributed by atoms with Gasteiger partial charge in [0, 0.05) is 0 Å². The Morgan fingerprint density at radius 3 is 2.83 bits per heavy atom. The number of carbonyl (C=O) groups excluding carboxylic acids is 1. The molecule has 0 aliphatic heterocycles. The van der Waals surface area contributed by atoms with Crippen LogP contribution < -0.4 is 5.32 Å².